The van der Waals surface area contributed by atoms with E-state index >= 15 is 0 Å². The van der Waals surface area contributed by atoms with Gasteiger partial charge < -0.3 is 4.74 Å². The monoisotopic (exact) mass is 389 g/mol. The number of rotatable bonds is 3. The number of para-hydroxylation sites is 1. The maximum Gasteiger partial charge on any atom is 0.339 e. The van der Waals surface area contributed by atoms with Crippen molar-refractivity contribution in [1.29, 1.82) is 0 Å². The average molecular weight is 390 g/mol. The molecule has 1 aliphatic heterocycles. The third kappa shape index (κ3) is 3.46. The van der Waals surface area contributed by atoms with Gasteiger partial charge in [-0.2, -0.15) is 0 Å². The number of carbonyl (C=O) groups excluding carboxylic acids is 2. The van der Waals surface area contributed by atoms with Crippen LogP contribution in [0.5, 0.6) is 0 Å². The van der Waals surface area contributed by atoms with E-state index in [-0.39, 0.29) is 11.5 Å². The largest absolute Gasteiger partial charge is 0.465 e. The van der Waals surface area contributed by atoms with Gasteiger partial charge in [-0.15, -0.1) is 0 Å². The Balaban J connectivity index is 2.01. The molecule has 0 N–H and O–H groups in total. The summed E-state index contributed by atoms with van der Waals surface area (Å²) in [5, 5.41) is 0.544. The van der Waals surface area contributed by atoms with Crippen LogP contribution in [0.25, 0.3) is 6.08 Å². The Kier molecular flexibility index (Phi) is 5.22. The summed E-state index contributed by atoms with van der Waals surface area (Å²) in [6, 6.07) is 13.9. The molecule has 0 bridgehead atoms. The number of thiocarbonyl (C=S) groups is 1. The van der Waals surface area contributed by atoms with Crippen molar-refractivity contribution in [3.8, 4) is 0 Å². The third-order valence-electron chi connectivity index (χ3n) is 3.54. The van der Waals surface area contributed by atoms with Gasteiger partial charge in [-0.05, 0) is 29.8 Å². The fourth-order valence-electron chi connectivity index (χ4n) is 2.36. The summed E-state index contributed by atoms with van der Waals surface area (Å²) in [7, 11) is 1.29. The van der Waals surface area contributed by atoms with Crippen LogP contribution in [0.3, 0.4) is 0 Å². The molecule has 126 valence electrons. The highest BCUT2D eigenvalue weighted by Gasteiger charge is 2.35. The highest BCUT2D eigenvalue weighted by atomic mass is 35.5. The van der Waals surface area contributed by atoms with Gasteiger partial charge >= 0.3 is 5.97 Å². The van der Waals surface area contributed by atoms with Crippen molar-refractivity contribution in [3.05, 3.63) is 69.6 Å². The molecule has 7 heteroatoms. The molecule has 0 atom stereocenters. The molecule has 1 amide bonds. The number of benzene rings is 2. The standard InChI is InChI=1S/C18H12ClNO3S2/c1-23-17(22)12-7-3-5-9-14(12)20-16(21)15(25-18(20)24)10-11-6-2-4-8-13(11)19/h2-10H,1H3/b15-10-. The van der Waals surface area contributed by atoms with Crippen molar-refractivity contribution in [1.82, 2.24) is 0 Å². The topological polar surface area (TPSA) is 46.6 Å². The highest BCUT2D eigenvalue weighted by Crippen LogP contribution is 2.38. The fraction of sp³-hybridized carbons (Fsp3) is 0.0556. The lowest BCUT2D eigenvalue weighted by molar-refractivity contribution is -0.113. The number of hydrogen-bond acceptors (Lipinski definition) is 5. The van der Waals surface area contributed by atoms with E-state index < -0.39 is 5.97 Å². The van der Waals surface area contributed by atoms with Crippen molar-refractivity contribution in [2.24, 2.45) is 0 Å². The fourth-order valence-corrected chi connectivity index (χ4v) is 3.83. The summed E-state index contributed by atoms with van der Waals surface area (Å²) in [4.78, 5) is 26.6. The lowest BCUT2D eigenvalue weighted by Crippen LogP contribution is -2.29. The molecule has 0 saturated carbocycles. The maximum absolute atomic E-state index is 12.8. The first-order chi connectivity index (χ1) is 12.0. The smallest absolute Gasteiger partial charge is 0.339 e. The molecular formula is C18H12ClNO3S2. The molecule has 25 heavy (non-hydrogen) atoms. The Morgan fingerprint density at radius 3 is 2.60 bits per heavy atom. The average Bonchev–Trinajstić information content (AvgIpc) is 2.90. The van der Waals surface area contributed by atoms with E-state index in [0.29, 0.717) is 19.9 Å². The Hall–Kier alpha value is -2.15. The van der Waals surface area contributed by atoms with Crippen LogP contribution in [0.15, 0.2) is 53.4 Å². The molecule has 3 rings (SSSR count). The Morgan fingerprint density at radius 2 is 1.88 bits per heavy atom. The van der Waals surface area contributed by atoms with E-state index in [1.807, 2.05) is 18.2 Å². The molecule has 0 aliphatic carbocycles. The molecule has 2 aromatic rings. The zero-order valence-corrected chi connectivity index (χ0v) is 15.5. The van der Waals surface area contributed by atoms with Crippen LogP contribution in [-0.2, 0) is 9.53 Å². The number of anilines is 1. The molecule has 2 aromatic carbocycles. The van der Waals surface area contributed by atoms with Gasteiger partial charge in [0.2, 0.25) is 0 Å². The van der Waals surface area contributed by atoms with E-state index in [1.54, 1.807) is 36.4 Å². The molecular weight excluding hydrogens is 378 g/mol. The van der Waals surface area contributed by atoms with E-state index in [4.69, 9.17) is 28.6 Å². The second-order valence-corrected chi connectivity index (χ2v) is 7.13. The zero-order chi connectivity index (χ0) is 18.0. The minimum Gasteiger partial charge on any atom is -0.465 e. The first kappa shape index (κ1) is 17.7. The summed E-state index contributed by atoms with van der Waals surface area (Å²) in [5.41, 5.74) is 1.41. The Labute approximate surface area is 159 Å². The maximum atomic E-state index is 12.8. The summed E-state index contributed by atoms with van der Waals surface area (Å²) in [6.07, 6.45) is 1.70. The van der Waals surface area contributed by atoms with E-state index in [0.717, 1.165) is 5.56 Å². The normalized spacial score (nSPS) is 15.8. The predicted molar refractivity (Wildman–Crippen MR) is 105 cm³/mol. The molecule has 1 heterocycles. The number of hydrogen-bond donors (Lipinski definition) is 0. The van der Waals surface area contributed by atoms with Gasteiger partial charge in [-0.1, -0.05) is 65.9 Å². The Morgan fingerprint density at radius 1 is 1.20 bits per heavy atom. The number of esters is 1. The first-order valence-corrected chi connectivity index (χ1v) is 8.83. The molecule has 1 aliphatic rings. The predicted octanol–water partition coefficient (Wildman–Crippen LogP) is 4.53. The second-order valence-electron chi connectivity index (χ2n) is 5.05. The molecule has 4 nitrogen and oxygen atoms in total. The molecule has 1 saturated heterocycles. The van der Waals surface area contributed by atoms with Crippen LogP contribution in [0.1, 0.15) is 15.9 Å². The lowest BCUT2D eigenvalue weighted by atomic mass is 10.1. The SMILES string of the molecule is COC(=O)c1ccccc1N1C(=O)/C(=C/c2ccccc2Cl)SC1=S. The summed E-state index contributed by atoms with van der Waals surface area (Å²) in [5.74, 6) is -0.828. The van der Waals surface area contributed by atoms with Gasteiger partial charge in [0, 0.05) is 5.02 Å². The molecule has 1 fully saturated rings. The number of halogens is 1. The van der Waals surface area contributed by atoms with Crippen LogP contribution in [-0.4, -0.2) is 23.3 Å². The quantitative estimate of drug-likeness (QED) is 0.438. The van der Waals surface area contributed by atoms with Gasteiger partial charge in [0.25, 0.3) is 5.91 Å². The van der Waals surface area contributed by atoms with Crippen LogP contribution >= 0.6 is 35.6 Å². The van der Waals surface area contributed by atoms with E-state index in [9.17, 15) is 9.59 Å². The van der Waals surface area contributed by atoms with E-state index in [1.165, 1.54) is 23.8 Å². The van der Waals surface area contributed by atoms with Gasteiger partial charge in [0.1, 0.15) is 0 Å². The van der Waals surface area contributed by atoms with Crippen molar-refractivity contribution in [3.63, 3.8) is 0 Å². The minimum absolute atomic E-state index is 0.278. The first-order valence-electron chi connectivity index (χ1n) is 7.22. The third-order valence-corrected chi connectivity index (χ3v) is 5.18. The molecule has 0 spiro atoms. The number of ether oxygens (including phenoxy) is 1. The number of nitrogens with zero attached hydrogens (tertiary/aromatic N) is 1. The summed E-state index contributed by atoms with van der Waals surface area (Å²) >= 11 is 12.7. The molecule has 0 radical (unpaired) electrons. The van der Waals surface area contributed by atoms with E-state index in [2.05, 4.69) is 0 Å². The Bertz CT molecular complexity index is 911. The minimum atomic E-state index is -0.528. The van der Waals surface area contributed by atoms with Gasteiger partial charge in [0.05, 0.1) is 23.3 Å². The van der Waals surface area contributed by atoms with Crippen molar-refractivity contribution < 1.29 is 14.3 Å². The zero-order valence-electron chi connectivity index (χ0n) is 13.1. The number of amides is 1. The number of carbonyl (C=O) groups is 2. The second kappa shape index (κ2) is 7.39. The van der Waals surface area contributed by atoms with Crippen molar-refractivity contribution in [2.75, 3.05) is 12.0 Å². The van der Waals surface area contributed by atoms with Crippen LogP contribution < -0.4 is 4.90 Å². The lowest BCUT2D eigenvalue weighted by Gasteiger charge is -2.17. The van der Waals surface area contributed by atoms with Gasteiger partial charge in [-0.3, -0.25) is 9.69 Å². The van der Waals surface area contributed by atoms with Crippen molar-refractivity contribution in [2.45, 2.75) is 0 Å². The van der Waals surface area contributed by atoms with Gasteiger partial charge in [-0.25, -0.2) is 4.79 Å². The number of methoxy groups -OCH3 is 1. The van der Waals surface area contributed by atoms with Crippen LogP contribution in [0, 0.1) is 0 Å². The van der Waals surface area contributed by atoms with Gasteiger partial charge in [0.15, 0.2) is 4.32 Å². The van der Waals surface area contributed by atoms with Crippen LogP contribution in [0.2, 0.25) is 5.02 Å². The summed E-state index contributed by atoms with van der Waals surface area (Å²) in [6.45, 7) is 0. The van der Waals surface area contributed by atoms with Crippen molar-refractivity contribution >= 4 is 63.5 Å². The highest BCUT2D eigenvalue weighted by molar-refractivity contribution is 8.27. The van der Waals surface area contributed by atoms with Crippen LogP contribution in [0.4, 0.5) is 5.69 Å². The number of thioether (sulfide) groups is 1. The summed E-state index contributed by atoms with van der Waals surface area (Å²) < 4.78 is 5.13. The molecule has 0 unspecified atom stereocenters. The molecule has 0 aromatic heterocycles.